The van der Waals surface area contributed by atoms with Crippen LogP contribution in [0.15, 0.2) is 127 Å². The van der Waals surface area contributed by atoms with Gasteiger partial charge in [0.2, 0.25) is 0 Å². The fraction of sp³-hybridized carbons (Fsp3) is 0.295. The lowest BCUT2D eigenvalue weighted by Crippen LogP contribution is -2.45. The second kappa shape index (κ2) is 18.9. The minimum absolute atomic E-state index is 0.338. The smallest absolute Gasteiger partial charge is 0.407 e. The number of hydrogen-bond acceptors (Lipinski definition) is 8. The molecule has 0 spiro atoms. The molecule has 10 heteroatoms. The van der Waals surface area contributed by atoms with E-state index < -0.39 is 28.5 Å². The van der Waals surface area contributed by atoms with Crippen LogP contribution >= 0.6 is 23.5 Å². The van der Waals surface area contributed by atoms with E-state index in [-0.39, 0.29) is 11.9 Å². The Hall–Kier alpha value is -4.93. The van der Waals surface area contributed by atoms with E-state index >= 15 is 0 Å². The summed E-state index contributed by atoms with van der Waals surface area (Å²) in [5.41, 5.74) is 4.03. The van der Waals surface area contributed by atoms with Crippen molar-refractivity contribution in [3.8, 4) is 0 Å². The third kappa shape index (κ3) is 10.4. The number of benzene rings is 5. The number of nitrogens with one attached hydrogen (secondary N) is 3. The highest BCUT2D eigenvalue weighted by atomic mass is 32.2. The van der Waals surface area contributed by atoms with Crippen LogP contribution in [0.1, 0.15) is 54.2 Å². The predicted octanol–water partition coefficient (Wildman–Crippen LogP) is 8.89. The number of fused-ring (bicyclic) bond motifs is 1. The number of hydrogen-bond donors (Lipinski definition) is 3. The fourth-order valence-corrected chi connectivity index (χ4v) is 8.35. The SMILES string of the molecule is COC(=O)[C@H](CCSC)NC(=O)c1cccc2cc(NC[C@H](CSC(c3ccccc3)(c3ccccc3)c3ccccc3)NC(=O)OC(C)(C)C)ccc12. The fourth-order valence-electron chi connectivity index (χ4n) is 6.32. The second-order valence-electron chi connectivity index (χ2n) is 13.9. The lowest BCUT2D eigenvalue weighted by Gasteiger charge is -2.37. The van der Waals surface area contributed by atoms with E-state index in [0.29, 0.717) is 30.0 Å². The van der Waals surface area contributed by atoms with Gasteiger partial charge in [0.1, 0.15) is 11.6 Å². The van der Waals surface area contributed by atoms with E-state index in [1.54, 1.807) is 29.6 Å². The molecule has 0 aliphatic carbocycles. The van der Waals surface area contributed by atoms with Gasteiger partial charge < -0.3 is 25.4 Å². The average molecular weight is 764 g/mol. The molecule has 0 aliphatic rings. The first-order chi connectivity index (χ1) is 26.0. The molecule has 5 rings (SSSR count). The second-order valence-corrected chi connectivity index (χ2v) is 16.1. The van der Waals surface area contributed by atoms with Crippen molar-refractivity contribution in [2.75, 3.05) is 36.7 Å². The van der Waals surface area contributed by atoms with Crippen LogP contribution in [0.3, 0.4) is 0 Å². The minimum Gasteiger partial charge on any atom is -0.467 e. The zero-order chi connectivity index (χ0) is 38.6. The highest BCUT2D eigenvalue weighted by molar-refractivity contribution is 8.00. The Morgan fingerprint density at radius 2 is 1.33 bits per heavy atom. The summed E-state index contributed by atoms with van der Waals surface area (Å²) in [5, 5.41) is 11.2. The maximum absolute atomic E-state index is 13.4. The number of thioether (sulfide) groups is 2. The van der Waals surface area contributed by atoms with Crippen molar-refractivity contribution in [1.29, 1.82) is 0 Å². The van der Waals surface area contributed by atoms with Gasteiger partial charge in [0, 0.05) is 23.5 Å². The summed E-state index contributed by atoms with van der Waals surface area (Å²) in [5.74, 6) is 0.444. The highest BCUT2D eigenvalue weighted by Gasteiger charge is 2.38. The molecule has 0 unspecified atom stereocenters. The number of methoxy groups -OCH3 is 1. The number of esters is 1. The van der Waals surface area contributed by atoms with Crippen LogP contribution in [0.5, 0.6) is 0 Å². The standard InChI is InChI=1S/C44H49N3O5S2/c1-43(2,3)52-42(50)46-36(30-54-44(32-17-9-6-10-18-32,33-19-11-7-12-20-33)34-21-13-8-14-22-34)29-45-35-24-25-37-31(28-35)16-15-23-38(37)40(48)47-39(26-27-53-5)41(49)51-4/h6-25,28,36,39,45H,26-27,29-30H2,1-5H3,(H,46,50)(H,47,48)/t36-,39+/m1/s1. The molecule has 5 aromatic rings. The van der Waals surface area contributed by atoms with Crippen LogP contribution in [0.2, 0.25) is 0 Å². The highest BCUT2D eigenvalue weighted by Crippen LogP contribution is 2.48. The molecule has 0 heterocycles. The normalized spacial score (nSPS) is 12.7. The number of amides is 2. The molecule has 5 aromatic carbocycles. The first-order valence-corrected chi connectivity index (χ1v) is 20.4. The zero-order valence-electron chi connectivity index (χ0n) is 31.5. The summed E-state index contributed by atoms with van der Waals surface area (Å²) in [6, 6.07) is 41.7. The van der Waals surface area contributed by atoms with Gasteiger partial charge in [-0.3, -0.25) is 4.79 Å². The molecular formula is C44H49N3O5S2. The van der Waals surface area contributed by atoms with E-state index in [9.17, 15) is 14.4 Å². The van der Waals surface area contributed by atoms with E-state index in [0.717, 1.165) is 33.2 Å². The van der Waals surface area contributed by atoms with Gasteiger partial charge in [0.05, 0.1) is 17.9 Å². The van der Waals surface area contributed by atoms with Gasteiger partial charge in [-0.25, -0.2) is 9.59 Å². The lowest BCUT2D eigenvalue weighted by atomic mass is 9.84. The van der Waals surface area contributed by atoms with Crippen molar-refractivity contribution in [3.63, 3.8) is 0 Å². The molecule has 0 fully saturated rings. The number of ether oxygens (including phenoxy) is 2. The molecule has 0 aliphatic heterocycles. The summed E-state index contributed by atoms with van der Waals surface area (Å²) in [6.07, 6.45) is 1.93. The number of rotatable bonds is 16. The Kier molecular flexibility index (Phi) is 14.1. The number of carbonyl (C=O) groups excluding carboxylic acids is 3. The van der Waals surface area contributed by atoms with Crippen molar-refractivity contribution in [2.24, 2.45) is 0 Å². The topological polar surface area (TPSA) is 106 Å². The Morgan fingerprint density at radius 1 is 0.741 bits per heavy atom. The summed E-state index contributed by atoms with van der Waals surface area (Å²) < 4.78 is 10.1. The average Bonchev–Trinajstić information content (AvgIpc) is 3.18. The summed E-state index contributed by atoms with van der Waals surface area (Å²) in [4.78, 5) is 39.1. The van der Waals surface area contributed by atoms with Gasteiger partial charge in [0.15, 0.2) is 0 Å². The van der Waals surface area contributed by atoms with Crippen LogP contribution in [-0.2, 0) is 19.0 Å². The molecule has 0 bridgehead atoms. The Morgan fingerprint density at radius 3 is 1.87 bits per heavy atom. The van der Waals surface area contributed by atoms with E-state index in [2.05, 4.69) is 88.7 Å². The van der Waals surface area contributed by atoms with Crippen LogP contribution in [0.4, 0.5) is 10.5 Å². The van der Waals surface area contributed by atoms with E-state index in [4.69, 9.17) is 9.47 Å². The zero-order valence-corrected chi connectivity index (χ0v) is 33.1. The predicted molar refractivity (Wildman–Crippen MR) is 224 cm³/mol. The van der Waals surface area contributed by atoms with Crippen LogP contribution < -0.4 is 16.0 Å². The van der Waals surface area contributed by atoms with Gasteiger partial charge >= 0.3 is 12.1 Å². The largest absolute Gasteiger partial charge is 0.467 e. The summed E-state index contributed by atoms with van der Waals surface area (Å²) in [7, 11) is 1.32. The van der Waals surface area contributed by atoms with Gasteiger partial charge in [0.25, 0.3) is 5.91 Å². The molecule has 2 atom stereocenters. The first kappa shape index (κ1) is 40.3. The van der Waals surface area contributed by atoms with Gasteiger partial charge in [-0.05, 0) is 84.9 Å². The maximum Gasteiger partial charge on any atom is 0.407 e. The van der Waals surface area contributed by atoms with Gasteiger partial charge in [-0.15, -0.1) is 11.8 Å². The first-order valence-electron chi connectivity index (χ1n) is 18.0. The molecule has 54 heavy (non-hydrogen) atoms. The van der Waals surface area contributed by atoms with Crippen molar-refractivity contribution in [2.45, 2.75) is 49.6 Å². The van der Waals surface area contributed by atoms with E-state index in [1.165, 1.54) is 7.11 Å². The van der Waals surface area contributed by atoms with Crippen LogP contribution in [0.25, 0.3) is 10.8 Å². The molecule has 0 radical (unpaired) electrons. The van der Waals surface area contributed by atoms with Crippen molar-refractivity contribution >= 4 is 58.0 Å². The number of anilines is 1. The monoisotopic (exact) mass is 763 g/mol. The lowest BCUT2D eigenvalue weighted by molar-refractivity contribution is -0.142. The third-order valence-electron chi connectivity index (χ3n) is 8.84. The quantitative estimate of drug-likeness (QED) is 0.0677. The molecule has 2 amide bonds. The van der Waals surface area contributed by atoms with Crippen molar-refractivity contribution in [1.82, 2.24) is 10.6 Å². The third-order valence-corrected chi connectivity index (χ3v) is 11.2. The molecule has 0 saturated heterocycles. The van der Waals surface area contributed by atoms with Gasteiger partial charge in [-0.1, -0.05) is 109 Å². The van der Waals surface area contributed by atoms with E-state index in [1.807, 2.05) is 75.6 Å². The molecule has 0 aromatic heterocycles. The molecule has 8 nitrogen and oxygen atoms in total. The summed E-state index contributed by atoms with van der Waals surface area (Å²) in [6.45, 7) is 5.96. The van der Waals surface area contributed by atoms with Crippen molar-refractivity contribution < 1.29 is 23.9 Å². The van der Waals surface area contributed by atoms with Crippen LogP contribution in [0, 0.1) is 0 Å². The van der Waals surface area contributed by atoms with Crippen LogP contribution in [-0.4, -0.2) is 67.1 Å². The van der Waals surface area contributed by atoms with Crippen molar-refractivity contribution in [3.05, 3.63) is 150 Å². The number of carbonyl (C=O) groups is 3. The number of alkyl carbamates (subject to hydrolysis) is 1. The molecule has 282 valence electrons. The Balaban J connectivity index is 1.42. The Bertz CT molecular complexity index is 1890. The molecular weight excluding hydrogens is 715 g/mol. The summed E-state index contributed by atoms with van der Waals surface area (Å²) >= 11 is 3.36. The minimum atomic E-state index is -0.733. The molecule has 0 saturated carbocycles. The van der Waals surface area contributed by atoms with Gasteiger partial charge in [-0.2, -0.15) is 11.8 Å². The molecule has 3 N–H and O–H groups in total. The maximum atomic E-state index is 13.4. The Labute approximate surface area is 327 Å².